The van der Waals surface area contributed by atoms with Crippen LogP contribution in [0.4, 0.5) is 11.4 Å². The molecule has 31 heavy (non-hydrogen) atoms. The predicted molar refractivity (Wildman–Crippen MR) is 92.0 cm³/mol. The summed E-state index contributed by atoms with van der Waals surface area (Å²) in [5.41, 5.74) is 0.401. The molecule has 1 aliphatic rings. The molecule has 1 atom stereocenters. The van der Waals surface area contributed by atoms with Crippen molar-refractivity contribution in [2.45, 2.75) is 15.8 Å². The van der Waals surface area contributed by atoms with Gasteiger partial charge in [-0.25, -0.2) is 27.0 Å². The van der Waals surface area contributed by atoms with Crippen molar-refractivity contribution < 1.29 is 119 Å². The van der Waals surface area contributed by atoms with Gasteiger partial charge in [-0.15, -0.1) is 0 Å². The molecule has 2 aromatic rings. The monoisotopic (exact) mass is 490 g/mol. The molecule has 3 rings (SSSR count). The number of azo groups is 1. The Morgan fingerprint density at radius 1 is 0.839 bits per heavy atom. The molecule has 0 radical (unpaired) electrons. The molecule has 11 nitrogen and oxygen atoms in total. The Bertz CT molecular complexity index is 1190. The van der Waals surface area contributed by atoms with E-state index >= 15 is 0 Å². The molecule has 0 saturated carbocycles. The number of hydrazone groups is 1. The molecule has 0 spiro atoms. The van der Waals surface area contributed by atoms with E-state index in [1.807, 2.05) is 0 Å². The Morgan fingerprint density at radius 3 is 1.74 bits per heavy atom. The summed E-state index contributed by atoms with van der Waals surface area (Å²) in [6, 6.07) is 7.97. The maximum atomic E-state index is 12.3. The SMILES string of the molecule is O=C1C(N=Nc2ccc(S(=O)(=O)[O-])cc2)[C-]=NN1c1ccc(S(=O)(=O)[O-])cc1.[Na+].[Na+].[Na+]. The summed E-state index contributed by atoms with van der Waals surface area (Å²) in [6.07, 6.45) is 2.42. The van der Waals surface area contributed by atoms with Crippen LogP contribution in [0.5, 0.6) is 0 Å². The number of carbonyl (C=O) groups is 1. The first kappa shape index (κ1) is 31.0. The van der Waals surface area contributed by atoms with Gasteiger partial charge in [-0.2, -0.15) is 5.11 Å². The van der Waals surface area contributed by atoms with E-state index in [1.54, 1.807) is 0 Å². The van der Waals surface area contributed by atoms with Crippen LogP contribution in [0.25, 0.3) is 0 Å². The van der Waals surface area contributed by atoms with Crippen LogP contribution in [0.1, 0.15) is 0 Å². The second-order valence-corrected chi connectivity index (χ2v) is 8.15. The fraction of sp³-hybridized carbons (Fsp3) is 0.0667. The third-order valence-corrected chi connectivity index (χ3v) is 5.21. The van der Waals surface area contributed by atoms with Crippen LogP contribution in [0.2, 0.25) is 0 Å². The van der Waals surface area contributed by atoms with Crippen molar-refractivity contribution in [3.05, 3.63) is 48.5 Å². The summed E-state index contributed by atoms with van der Waals surface area (Å²) in [7, 11) is -9.19. The zero-order chi connectivity index (χ0) is 20.5. The van der Waals surface area contributed by atoms with Crippen LogP contribution in [-0.4, -0.2) is 44.1 Å². The molecule has 1 unspecified atom stereocenters. The van der Waals surface area contributed by atoms with Gasteiger partial charge in [0.05, 0.1) is 21.2 Å². The molecule has 0 saturated heterocycles. The molecule has 0 aromatic heterocycles. The second kappa shape index (κ2) is 12.5. The first-order valence-electron chi connectivity index (χ1n) is 7.39. The quantitative estimate of drug-likeness (QED) is 0.173. The first-order valence-corrected chi connectivity index (χ1v) is 10.2. The van der Waals surface area contributed by atoms with Crippen molar-refractivity contribution in [2.24, 2.45) is 15.3 Å². The number of benzene rings is 2. The van der Waals surface area contributed by atoms with E-state index in [1.165, 1.54) is 24.3 Å². The third kappa shape index (κ3) is 8.07. The second-order valence-electron chi connectivity index (χ2n) is 5.39. The topological polar surface area (TPSA) is 172 Å². The zero-order valence-corrected chi connectivity index (χ0v) is 24.3. The van der Waals surface area contributed by atoms with Gasteiger partial charge in [0.2, 0.25) is 5.91 Å². The summed E-state index contributed by atoms with van der Waals surface area (Å²) in [4.78, 5) is 11.4. The van der Waals surface area contributed by atoms with Crippen LogP contribution in [0.3, 0.4) is 0 Å². The number of hydrogen-bond acceptors (Lipinski definition) is 10. The molecule has 16 heteroatoms. The van der Waals surface area contributed by atoms with E-state index in [4.69, 9.17) is 0 Å². The van der Waals surface area contributed by atoms with Crippen LogP contribution in [0, 0.1) is 0 Å². The number of carbonyl (C=O) groups excluding carboxylic acids is 1. The van der Waals surface area contributed by atoms with E-state index < -0.39 is 42.0 Å². The van der Waals surface area contributed by atoms with Crippen LogP contribution in [0.15, 0.2) is 73.7 Å². The summed E-state index contributed by atoms with van der Waals surface area (Å²) in [5, 5.41) is 12.2. The first-order chi connectivity index (χ1) is 13.1. The average Bonchev–Trinajstić information content (AvgIpc) is 2.99. The minimum Gasteiger partial charge on any atom is -0.744 e. The zero-order valence-electron chi connectivity index (χ0n) is 16.7. The molecule has 0 fully saturated rings. The summed E-state index contributed by atoms with van der Waals surface area (Å²) < 4.78 is 65.4. The molecule has 0 aliphatic carbocycles. The van der Waals surface area contributed by atoms with Crippen molar-refractivity contribution in [3.63, 3.8) is 0 Å². The number of amides is 1. The van der Waals surface area contributed by atoms with Gasteiger partial charge in [0.25, 0.3) is 0 Å². The molecule has 146 valence electrons. The Kier molecular flexibility index (Phi) is 12.5. The van der Waals surface area contributed by atoms with Gasteiger partial charge in [-0.05, 0) is 48.5 Å². The standard InChI is InChI=1S/C15H11N4O7S2.3Na/c20-15-14(18-17-10-1-5-12(6-2-10)27(21,22)23)9-16-19(15)11-3-7-13(8-4-11)28(24,25)26;;;/h1-8,14H,(H,21,22,23)(H,24,25,26);;;/q-1;3*+1/p-2. The van der Waals surface area contributed by atoms with Gasteiger partial charge in [-0.1, -0.05) is 0 Å². The normalized spacial score (nSPS) is 15.9. The Morgan fingerprint density at radius 2 is 1.29 bits per heavy atom. The van der Waals surface area contributed by atoms with Crippen molar-refractivity contribution in [1.82, 2.24) is 0 Å². The van der Waals surface area contributed by atoms with Crippen LogP contribution in [-0.2, 0) is 25.0 Å². The van der Waals surface area contributed by atoms with Crippen molar-refractivity contribution in [1.29, 1.82) is 0 Å². The van der Waals surface area contributed by atoms with E-state index in [2.05, 4.69) is 21.5 Å². The molecule has 1 aliphatic heterocycles. The maximum Gasteiger partial charge on any atom is 1.00 e. The van der Waals surface area contributed by atoms with Gasteiger partial charge in [0.1, 0.15) is 20.2 Å². The fourth-order valence-corrected chi connectivity index (χ4v) is 3.09. The number of anilines is 1. The Hall–Kier alpha value is 0.000000000000000444. The third-order valence-electron chi connectivity index (χ3n) is 3.51. The molecule has 1 amide bonds. The number of hydrogen-bond donors (Lipinski definition) is 0. The van der Waals surface area contributed by atoms with Crippen LogP contribution < -0.4 is 93.7 Å². The average molecular weight is 490 g/mol. The van der Waals surface area contributed by atoms with E-state index in [9.17, 15) is 30.7 Å². The molecule has 0 bridgehead atoms. The molecule has 1 heterocycles. The minimum absolute atomic E-state index is 0. The van der Waals surface area contributed by atoms with Crippen molar-refractivity contribution in [3.8, 4) is 0 Å². The Balaban J connectivity index is 0.00000300. The van der Waals surface area contributed by atoms with Gasteiger partial charge in [0.15, 0.2) is 0 Å². The molecular formula is C15H9N4Na3O7S2. The Labute approximate surface area is 244 Å². The number of nitrogens with zero attached hydrogens (tertiary/aromatic N) is 4. The van der Waals surface area contributed by atoms with E-state index in [-0.39, 0.29) is 100 Å². The summed E-state index contributed by atoms with van der Waals surface area (Å²) >= 11 is 0. The van der Waals surface area contributed by atoms with Gasteiger partial charge in [-0.3, -0.25) is 4.79 Å². The fourth-order valence-electron chi connectivity index (χ4n) is 2.15. The van der Waals surface area contributed by atoms with Gasteiger partial charge >= 0.3 is 88.7 Å². The van der Waals surface area contributed by atoms with Crippen molar-refractivity contribution in [2.75, 3.05) is 5.01 Å². The van der Waals surface area contributed by atoms with E-state index in [0.717, 1.165) is 29.3 Å². The summed E-state index contributed by atoms with van der Waals surface area (Å²) in [5.74, 6) is -0.625. The van der Waals surface area contributed by atoms with Crippen molar-refractivity contribution >= 4 is 43.7 Å². The van der Waals surface area contributed by atoms with Crippen LogP contribution >= 0.6 is 0 Å². The number of rotatable bonds is 5. The smallest absolute Gasteiger partial charge is 0.744 e. The molecule has 0 N–H and O–H groups in total. The maximum absolute atomic E-state index is 12.3. The van der Waals surface area contributed by atoms with E-state index in [0.29, 0.717) is 0 Å². The van der Waals surface area contributed by atoms with Gasteiger partial charge < -0.3 is 20.4 Å². The molecule has 2 aromatic carbocycles. The predicted octanol–water partition coefficient (Wildman–Crippen LogP) is -8.13. The largest absolute Gasteiger partial charge is 1.00 e. The summed E-state index contributed by atoms with van der Waals surface area (Å²) in [6.45, 7) is 0. The van der Waals surface area contributed by atoms with Gasteiger partial charge in [0, 0.05) is 6.04 Å². The molecular weight excluding hydrogens is 481 g/mol. The minimum atomic E-state index is -4.61.